The van der Waals surface area contributed by atoms with Crippen LogP contribution in [0.4, 0.5) is 0 Å². The van der Waals surface area contributed by atoms with Crippen molar-refractivity contribution < 1.29 is 14.6 Å². The molecule has 5 nitrogen and oxygen atoms in total. The molecule has 0 saturated heterocycles. The molecule has 21 heavy (non-hydrogen) atoms. The molecular formula is C16H18N2O3. The smallest absolute Gasteiger partial charge is 0.251 e. The first-order chi connectivity index (χ1) is 10.1. The molecule has 0 saturated carbocycles. The van der Waals surface area contributed by atoms with E-state index in [1.165, 1.54) is 0 Å². The lowest BCUT2D eigenvalue weighted by molar-refractivity contribution is 0.0924. The predicted octanol–water partition coefficient (Wildman–Crippen LogP) is 1.77. The Labute approximate surface area is 123 Å². The molecule has 2 aromatic rings. The Balaban J connectivity index is 1.88. The van der Waals surface area contributed by atoms with Crippen LogP contribution in [0.15, 0.2) is 48.7 Å². The van der Waals surface area contributed by atoms with Gasteiger partial charge in [-0.25, -0.2) is 0 Å². The number of benzene rings is 1. The number of nitrogens with zero attached hydrogens (tertiary/aromatic N) is 1. The Morgan fingerprint density at radius 3 is 2.67 bits per heavy atom. The zero-order valence-electron chi connectivity index (χ0n) is 11.8. The fourth-order valence-electron chi connectivity index (χ4n) is 1.69. The number of amides is 1. The molecule has 0 spiro atoms. The third-order valence-corrected chi connectivity index (χ3v) is 2.79. The van der Waals surface area contributed by atoms with Crippen LogP contribution >= 0.6 is 0 Å². The predicted molar refractivity (Wildman–Crippen MR) is 79.0 cm³/mol. The van der Waals surface area contributed by atoms with E-state index in [1.54, 1.807) is 37.4 Å². The molecule has 1 atom stereocenters. The fourth-order valence-corrected chi connectivity index (χ4v) is 1.69. The second-order valence-electron chi connectivity index (χ2n) is 4.69. The highest BCUT2D eigenvalue weighted by Crippen LogP contribution is 2.13. The summed E-state index contributed by atoms with van der Waals surface area (Å²) in [5, 5.41) is 11.8. The Hall–Kier alpha value is -2.40. The van der Waals surface area contributed by atoms with E-state index in [9.17, 15) is 4.79 Å². The van der Waals surface area contributed by atoms with Crippen molar-refractivity contribution in [2.45, 2.75) is 19.6 Å². The van der Waals surface area contributed by atoms with E-state index in [0.29, 0.717) is 17.9 Å². The summed E-state index contributed by atoms with van der Waals surface area (Å²) in [6.45, 7) is 2.24. The van der Waals surface area contributed by atoms with E-state index in [4.69, 9.17) is 9.84 Å². The van der Waals surface area contributed by atoms with Crippen LogP contribution in [-0.2, 0) is 6.61 Å². The van der Waals surface area contributed by atoms with Gasteiger partial charge in [-0.3, -0.25) is 9.78 Å². The lowest BCUT2D eigenvalue weighted by Gasteiger charge is -2.08. The maximum atomic E-state index is 11.8. The van der Waals surface area contributed by atoms with Crippen LogP contribution in [0.2, 0.25) is 0 Å². The second-order valence-corrected chi connectivity index (χ2v) is 4.69. The van der Waals surface area contributed by atoms with Gasteiger partial charge in [0.2, 0.25) is 0 Å². The van der Waals surface area contributed by atoms with Gasteiger partial charge in [-0.05, 0) is 43.3 Å². The molecule has 0 aliphatic rings. The van der Waals surface area contributed by atoms with Gasteiger partial charge in [0.05, 0.1) is 11.8 Å². The number of rotatable bonds is 6. The molecule has 0 radical (unpaired) electrons. The summed E-state index contributed by atoms with van der Waals surface area (Å²) in [5.74, 6) is 0.458. The molecule has 110 valence electrons. The summed E-state index contributed by atoms with van der Waals surface area (Å²) in [6.07, 6.45) is 1.16. The van der Waals surface area contributed by atoms with Crippen molar-refractivity contribution in [3.8, 4) is 5.75 Å². The molecule has 0 bridgehead atoms. The molecule has 0 aliphatic heterocycles. The van der Waals surface area contributed by atoms with Gasteiger partial charge in [0.25, 0.3) is 5.91 Å². The van der Waals surface area contributed by atoms with Gasteiger partial charge in [-0.1, -0.05) is 6.07 Å². The summed E-state index contributed by atoms with van der Waals surface area (Å²) in [6, 6.07) is 12.5. The number of nitrogens with one attached hydrogen (secondary N) is 1. The fraction of sp³-hybridized carbons (Fsp3) is 0.250. The molecule has 2 N–H and O–H groups in total. The van der Waals surface area contributed by atoms with Crippen LogP contribution in [0.3, 0.4) is 0 Å². The van der Waals surface area contributed by atoms with Crippen molar-refractivity contribution in [2.75, 3.05) is 6.54 Å². The van der Waals surface area contributed by atoms with Crippen LogP contribution in [0.1, 0.15) is 23.0 Å². The van der Waals surface area contributed by atoms with Crippen molar-refractivity contribution in [2.24, 2.45) is 0 Å². The summed E-state index contributed by atoms with van der Waals surface area (Å²) in [7, 11) is 0. The molecule has 1 amide bonds. The Morgan fingerprint density at radius 1 is 1.29 bits per heavy atom. The Kier molecular flexibility index (Phi) is 5.29. The summed E-state index contributed by atoms with van der Waals surface area (Å²) in [4.78, 5) is 15.9. The molecule has 0 fully saturated rings. The van der Waals surface area contributed by atoms with Crippen LogP contribution < -0.4 is 10.1 Å². The van der Waals surface area contributed by atoms with Gasteiger partial charge in [0, 0.05) is 18.3 Å². The maximum absolute atomic E-state index is 11.8. The summed E-state index contributed by atoms with van der Waals surface area (Å²) >= 11 is 0. The van der Waals surface area contributed by atoms with Crippen LogP contribution in [0.25, 0.3) is 0 Å². The van der Waals surface area contributed by atoms with Gasteiger partial charge >= 0.3 is 0 Å². The highest BCUT2D eigenvalue weighted by Gasteiger charge is 2.06. The van der Waals surface area contributed by atoms with E-state index in [-0.39, 0.29) is 12.5 Å². The zero-order chi connectivity index (χ0) is 15.1. The summed E-state index contributed by atoms with van der Waals surface area (Å²) < 4.78 is 5.59. The lowest BCUT2D eigenvalue weighted by Crippen LogP contribution is -2.30. The highest BCUT2D eigenvalue weighted by molar-refractivity contribution is 5.94. The van der Waals surface area contributed by atoms with Crippen molar-refractivity contribution in [1.29, 1.82) is 0 Å². The maximum Gasteiger partial charge on any atom is 0.251 e. The number of ether oxygens (including phenoxy) is 1. The number of carbonyl (C=O) groups is 1. The van der Waals surface area contributed by atoms with E-state index in [0.717, 1.165) is 5.69 Å². The first-order valence-corrected chi connectivity index (χ1v) is 6.74. The Morgan fingerprint density at radius 2 is 2.05 bits per heavy atom. The minimum absolute atomic E-state index is 0.216. The molecular weight excluding hydrogens is 268 g/mol. The van der Waals surface area contributed by atoms with Crippen LogP contribution in [0.5, 0.6) is 5.75 Å². The highest BCUT2D eigenvalue weighted by atomic mass is 16.5. The van der Waals surface area contributed by atoms with E-state index < -0.39 is 6.10 Å². The summed E-state index contributed by atoms with van der Waals surface area (Å²) in [5.41, 5.74) is 1.37. The first-order valence-electron chi connectivity index (χ1n) is 6.74. The van der Waals surface area contributed by atoms with Gasteiger partial charge < -0.3 is 15.2 Å². The number of hydrogen-bond acceptors (Lipinski definition) is 4. The molecule has 2 rings (SSSR count). The molecule has 1 aromatic heterocycles. The number of aromatic nitrogens is 1. The van der Waals surface area contributed by atoms with E-state index in [2.05, 4.69) is 10.3 Å². The molecule has 0 aliphatic carbocycles. The van der Waals surface area contributed by atoms with Crippen LogP contribution in [0, 0.1) is 0 Å². The number of aliphatic hydroxyl groups excluding tert-OH is 1. The van der Waals surface area contributed by atoms with Crippen LogP contribution in [-0.4, -0.2) is 28.6 Å². The largest absolute Gasteiger partial charge is 0.487 e. The molecule has 5 heteroatoms. The normalized spacial score (nSPS) is 11.7. The lowest BCUT2D eigenvalue weighted by atomic mass is 10.2. The van der Waals surface area contributed by atoms with Crippen molar-refractivity contribution >= 4 is 5.91 Å². The minimum atomic E-state index is -0.560. The average Bonchev–Trinajstić information content (AvgIpc) is 2.52. The molecule has 1 aromatic carbocycles. The SMILES string of the molecule is CC(O)CNC(=O)c1ccc(OCc2ccccn2)cc1. The number of carbonyl (C=O) groups excluding carboxylic acids is 1. The van der Waals surface area contributed by atoms with Crippen molar-refractivity contribution in [3.05, 3.63) is 59.9 Å². The minimum Gasteiger partial charge on any atom is -0.487 e. The van der Waals surface area contributed by atoms with Gasteiger partial charge in [0.15, 0.2) is 0 Å². The van der Waals surface area contributed by atoms with Crippen molar-refractivity contribution in [1.82, 2.24) is 10.3 Å². The third-order valence-electron chi connectivity index (χ3n) is 2.79. The number of aliphatic hydroxyl groups is 1. The van der Waals surface area contributed by atoms with Gasteiger partial charge in [-0.15, -0.1) is 0 Å². The molecule has 1 heterocycles. The second kappa shape index (κ2) is 7.40. The van der Waals surface area contributed by atoms with Gasteiger partial charge in [0.1, 0.15) is 12.4 Å². The average molecular weight is 286 g/mol. The molecule has 1 unspecified atom stereocenters. The van der Waals surface area contributed by atoms with E-state index in [1.807, 2.05) is 18.2 Å². The monoisotopic (exact) mass is 286 g/mol. The van der Waals surface area contributed by atoms with Crippen molar-refractivity contribution in [3.63, 3.8) is 0 Å². The standard InChI is InChI=1S/C16H18N2O3/c1-12(19)10-18-16(20)13-5-7-15(8-6-13)21-11-14-4-2-3-9-17-14/h2-9,12,19H,10-11H2,1H3,(H,18,20). The zero-order valence-corrected chi connectivity index (χ0v) is 11.8. The Bertz CT molecular complexity index is 568. The van der Waals surface area contributed by atoms with Gasteiger partial charge in [-0.2, -0.15) is 0 Å². The van der Waals surface area contributed by atoms with E-state index >= 15 is 0 Å². The first kappa shape index (κ1) is 15.0. The third kappa shape index (κ3) is 4.89. The quantitative estimate of drug-likeness (QED) is 0.849. The topological polar surface area (TPSA) is 71.5 Å². The number of hydrogen-bond donors (Lipinski definition) is 2. The number of pyridine rings is 1.